The van der Waals surface area contributed by atoms with Crippen molar-refractivity contribution in [3.05, 3.63) is 22.7 Å². The summed E-state index contributed by atoms with van der Waals surface area (Å²) in [6, 6.07) is 0. The lowest BCUT2D eigenvalue weighted by Crippen LogP contribution is -2.11. The SMILES string of the molecule is Cc1ncnc(Cl)c1C(C)C(=O)O. The Bertz CT molecular complexity index is 321. The van der Waals surface area contributed by atoms with Crippen LogP contribution in [0.5, 0.6) is 0 Å². The lowest BCUT2D eigenvalue weighted by atomic mass is 10.0. The molecule has 0 saturated carbocycles. The van der Waals surface area contributed by atoms with E-state index in [1.165, 1.54) is 6.33 Å². The molecule has 0 spiro atoms. The Kier molecular flexibility index (Phi) is 2.83. The van der Waals surface area contributed by atoms with Crippen LogP contribution in [0.25, 0.3) is 0 Å². The van der Waals surface area contributed by atoms with Crippen LogP contribution in [0.3, 0.4) is 0 Å². The summed E-state index contributed by atoms with van der Waals surface area (Å²) in [5.74, 6) is -1.60. The number of rotatable bonds is 2. The van der Waals surface area contributed by atoms with E-state index in [0.717, 1.165) is 0 Å². The molecule has 0 bridgehead atoms. The summed E-state index contributed by atoms with van der Waals surface area (Å²) >= 11 is 5.75. The zero-order valence-electron chi connectivity index (χ0n) is 7.28. The third-order valence-corrected chi connectivity index (χ3v) is 2.14. The number of aliphatic carboxylic acids is 1. The summed E-state index contributed by atoms with van der Waals surface area (Å²) < 4.78 is 0. The number of hydrogen-bond acceptors (Lipinski definition) is 3. The van der Waals surface area contributed by atoms with E-state index in [2.05, 4.69) is 9.97 Å². The maximum absolute atomic E-state index is 10.7. The van der Waals surface area contributed by atoms with Crippen molar-refractivity contribution in [1.82, 2.24) is 9.97 Å². The Morgan fingerprint density at radius 3 is 2.69 bits per heavy atom. The number of carboxylic acids is 1. The van der Waals surface area contributed by atoms with Gasteiger partial charge in [-0.1, -0.05) is 11.6 Å². The first kappa shape index (κ1) is 9.92. The summed E-state index contributed by atoms with van der Waals surface area (Å²) in [7, 11) is 0. The van der Waals surface area contributed by atoms with E-state index in [1.807, 2.05) is 0 Å². The van der Waals surface area contributed by atoms with Crippen molar-refractivity contribution in [3.63, 3.8) is 0 Å². The minimum Gasteiger partial charge on any atom is -0.481 e. The summed E-state index contributed by atoms with van der Waals surface area (Å²) in [4.78, 5) is 18.3. The van der Waals surface area contributed by atoms with Gasteiger partial charge in [-0.05, 0) is 13.8 Å². The highest BCUT2D eigenvalue weighted by Crippen LogP contribution is 2.24. The first-order valence-corrected chi connectivity index (χ1v) is 4.11. The van der Waals surface area contributed by atoms with Crippen molar-refractivity contribution < 1.29 is 9.90 Å². The van der Waals surface area contributed by atoms with Crippen LogP contribution in [0.2, 0.25) is 5.15 Å². The Labute approximate surface area is 80.6 Å². The van der Waals surface area contributed by atoms with Crippen molar-refractivity contribution in [2.45, 2.75) is 19.8 Å². The molecule has 1 N–H and O–H groups in total. The van der Waals surface area contributed by atoms with E-state index in [9.17, 15) is 4.79 Å². The van der Waals surface area contributed by atoms with Gasteiger partial charge in [0.2, 0.25) is 0 Å². The molecule has 0 fully saturated rings. The molecule has 0 amide bonds. The van der Waals surface area contributed by atoms with Crippen molar-refractivity contribution >= 4 is 17.6 Å². The topological polar surface area (TPSA) is 63.1 Å². The zero-order valence-corrected chi connectivity index (χ0v) is 8.04. The summed E-state index contributed by atoms with van der Waals surface area (Å²) in [6.07, 6.45) is 1.32. The van der Waals surface area contributed by atoms with Gasteiger partial charge < -0.3 is 5.11 Å². The molecule has 1 heterocycles. The number of hydrogen-bond donors (Lipinski definition) is 1. The molecule has 0 aliphatic carbocycles. The number of nitrogens with zero attached hydrogens (tertiary/aromatic N) is 2. The van der Waals surface area contributed by atoms with Gasteiger partial charge in [-0.25, -0.2) is 9.97 Å². The number of aryl methyl sites for hydroxylation is 1. The predicted molar refractivity (Wildman–Crippen MR) is 47.8 cm³/mol. The van der Waals surface area contributed by atoms with Crippen molar-refractivity contribution in [2.75, 3.05) is 0 Å². The highest BCUT2D eigenvalue weighted by Gasteiger charge is 2.20. The molecule has 0 saturated heterocycles. The number of carboxylic acid groups (broad SMARTS) is 1. The minimum atomic E-state index is -0.931. The second-order valence-electron chi connectivity index (χ2n) is 2.72. The fourth-order valence-electron chi connectivity index (χ4n) is 1.07. The fourth-order valence-corrected chi connectivity index (χ4v) is 1.41. The van der Waals surface area contributed by atoms with Gasteiger partial charge >= 0.3 is 5.97 Å². The second kappa shape index (κ2) is 3.70. The van der Waals surface area contributed by atoms with Crippen LogP contribution >= 0.6 is 11.6 Å². The molecule has 1 rings (SSSR count). The first-order chi connectivity index (χ1) is 6.04. The maximum Gasteiger partial charge on any atom is 0.310 e. The van der Waals surface area contributed by atoms with Gasteiger partial charge in [0.25, 0.3) is 0 Å². The Hall–Kier alpha value is -1.16. The van der Waals surface area contributed by atoms with Crippen LogP contribution in [-0.2, 0) is 4.79 Å². The Morgan fingerprint density at radius 1 is 1.62 bits per heavy atom. The van der Waals surface area contributed by atoms with Crippen molar-refractivity contribution in [1.29, 1.82) is 0 Å². The Balaban J connectivity index is 3.20. The predicted octanol–water partition coefficient (Wildman–Crippen LogP) is 1.63. The van der Waals surface area contributed by atoms with Gasteiger partial charge in [-0.3, -0.25) is 4.79 Å². The fraction of sp³-hybridized carbons (Fsp3) is 0.375. The third-order valence-electron chi connectivity index (χ3n) is 1.84. The molecule has 0 aliphatic rings. The van der Waals surface area contributed by atoms with Crippen LogP contribution in [0.4, 0.5) is 0 Å². The molecule has 1 unspecified atom stereocenters. The van der Waals surface area contributed by atoms with E-state index < -0.39 is 11.9 Å². The van der Waals surface area contributed by atoms with E-state index >= 15 is 0 Å². The van der Waals surface area contributed by atoms with Crippen LogP contribution in [0, 0.1) is 6.92 Å². The monoisotopic (exact) mass is 200 g/mol. The van der Waals surface area contributed by atoms with Gasteiger partial charge in [0.15, 0.2) is 0 Å². The highest BCUT2D eigenvalue weighted by atomic mass is 35.5. The van der Waals surface area contributed by atoms with E-state index in [0.29, 0.717) is 11.3 Å². The molecule has 13 heavy (non-hydrogen) atoms. The average molecular weight is 201 g/mol. The zero-order chi connectivity index (χ0) is 10.0. The Morgan fingerprint density at radius 2 is 2.23 bits per heavy atom. The van der Waals surface area contributed by atoms with Crippen LogP contribution < -0.4 is 0 Å². The highest BCUT2D eigenvalue weighted by molar-refractivity contribution is 6.30. The van der Waals surface area contributed by atoms with Gasteiger partial charge in [0.05, 0.1) is 5.92 Å². The number of halogens is 1. The van der Waals surface area contributed by atoms with Crippen LogP contribution in [0.15, 0.2) is 6.33 Å². The van der Waals surface area contributed by atoms with Crippen molar-refractivity contribution in [3.8, 4) is 0 Å². The smallest absolute Gasteiger partial charge is 0.310 e. The molecule has 70 valence electrons. The molecular formula is C8H9ClN2O2. The number of aromatic nitrogens is 2. The molecule has 1 aromatic rings. The molecule has 5 heteroatoms. The summed E-state index contributed by atoms with van der Waals surface area (Å²) in [5, 5.41) is 8.98. The van der Waals surface area contributed by atoms with E-state index in [1.54, 1.807) is 13.8 Å². The lowest BCUT2D eigenvalue weighted by Gasteiger charge is -2.09. The van der Waals surface area contributed by atoms with Gasteiger partial charge in [0.1, 0.15) is 11.5 Å². The van der Waals surface area contributed by atoms with Crippen molar-refractivity contribution in [2.24, 2.45) is 0 Å². The van der Waals surface area contributed by atoms with Gasteiger partial charge in [-0.15, -0.1) is 0 Å². The lowest BCUT2D eigenvalue weighted by molar-refractivity contribution is -0.138. The normalized spacial score (nSPS) is 12.5. The summed E-state index contributed by atoms with van der Waals surface area (Å²) in [6.45, 7) is 3.27. The molecule has 0 radical (unpaired) electrons. The quantitative estimate of drug-likeness (QED) is 0.737. The first-order valence-electron chi connectivity index (χ1n) is 3.74. The molecule has 0 aliphatic heterocycles. The molecule has 4 nitrogen and oxygen atoms in total. The second-order valence-corrected chi connectivity index (χ2v) is 3.08. The summed E-state index contributed by atoms with van der Waals surface area (Å²) in [5.41, 5.74) is 1.09. The van der Waals surface area contributed by atoms with Crippen LogP contribution in [0.1, 0.15) is 24.1 Å². The molecule has 0 aromatic carbocycles. The van der Waals surface area contributed by atoms with Crippen LogP contribution in [-0.4, -0.2) is 21.0 Å². The minimum absolute atomic E-state index is 0.211. The van der Waals surface area contributed by atoms with E-state index in [-0.39, 0.29) is 5.15 Å². The van der Waals surface area contributed by atoms with E-state index in [4.69, 9.17) is 16.7 Å². The molecule has 1 atom stereocenters. The molecule has 1 aromatic heterocycles. The standard InChI is InChI=1S/C8H9ClN2O2/c1-4(8(12)13)6-5(2)10-3-11-7(6)9/h3-4H,1-2H3,(H,12,13). The maximum atomic E-state index is 10.7. The number of carbonyl (C=O) groups is 1. The van der Waals surface area contributed by atoms with Gasteiger partial charge in [0, 0.05) is 11.3 Å². The largest absolute Gasteiger partial charge is 0.481 e. The third kappa shape index (κ3) is 1.95. The average Bonchev–Trinajstić information content (AvgIpc) is 2.03. The van der Waals surface area contributed by atoms with Gasteiger partial charge in [-0.2, -0.15) is 0 Å². The molecular weight excluding hydrogens is 192 g/mol.